The van der Waals surface area contributed by atoms with E-state index in [9.17, 15) is 31.1 Å². The predicted molar refractivity (Wildman–Crippen MR) is 77.5 cm³/mol. The third-order valence-corrected chi connectivity index (χ3v) is 3.53. The Labute approximate surface area is 141 Å². The molecule has 0 N–H and O–H groups in total. The first kappa shape index (κ1) is 19.0. The molecule has 0 fully saturated rings. The maximum Gasteiger partial charge on any atom is 0.429 e. The lowest BCUT2D eigenvalue weighted by Gasteiger charge is -2.23. The lowest BCUT2D eigenvalue weighted by molar-refractivity contribution is -0.223. The van der Waals surface area contributed by atoms with E-state index in [1.165, 1.54) is 22.2 Å². The Bertz CT molecular complexity index is 752. The molecule has 0 bridgehead atoms. The number of hydrogen-bond donors (Lipinski definition) is 0. The van der Waals surface area contributed by atoms with Crippen LogP contribution in [0, 0.1) is 0 Å². The first-order valence-electron chi connectivity index (χ1n) is 6.59. The Morgan fingerprint density at radius 3 is 2.40 bits per heavy atom. The number of thiazole rings is 1. The standard InChI is InChI=1S/C15H9F6NO2S/c16-14(17,18)11-4-2-1-3-10(11)13(15(19,20)21)24-12(23)6-5-9-7-25-8-22-9/h1-8,13H/b6-5+. The molecule has 25 heavy (non-hydrogen) atoms. The summed E-state index contributed by atoms with van der Waals surface area (Å²) in [5.41, 5.74) is -0.962. The summed E-state index contributed by atoms with van der Waals surface area (Å²) in [6.45, 7) is 0. The van der Waals surface area contributed by atoms with E-state index in [0.29, 0.717) is 23.9 Å². The summed E-state index contributed by atoms with van der Waals surface area (Å²) < 4.78 is 82.6. The topological polar surface area (TPSA) is 39.2 Å². The SMILES string of the molecule is O=C(/C=C/c1cscn1)OC(c1ccccc1C(F)(F)F)C(F)(F)F. The highest BCUT2D eigenvalue weighted by Crippen LogP contribution is 2.42. The van der Waals surface area contributed by atoms with Crippen LogP contribution in [-0.2, 0) is 15.7 Å². The van der Waals surface area contributed by atoms with E-state index < -0.39 is 35.6 Å². The maximum absolute atomic E-state index is 13.2. The van der Waals surface area contributed by atoms with E-state index >= 15 is 0 Å². The molecule has 0 saturated heterocycles. The number of ether oxygens (including phenoxy) is 1. The van der Waals surface area contributed by atoms with Gasteiger partial charge < -0.3 is 4.74 Å². The number of aromatic nitrogens is 1. The molecular weight excluding hydrogens is 372 g/mol. The smallest absolute Gasteiger partial charge is 0.429 e. The molecule has 2 aromatic rings. The van der Waals surface area contributed by atoms with Gasteiger partial charge in [-0.1, -0.05) is 18.2 Å². The summed E-state index contributed by atoms with van der Waals surface area (Å²) in [5, 5.41) is 1.52. The quantitative estimate of drug-likeness (QED) is 0.424. The molecule has 0 aliphatic rings. The molecule has 10 heteroatoms. The molecule has 134 valence electrons. The Morgan fingerprint density at radius 1 is 1.16 bits per heavy atom. The number of alkyl halides is 6. The van der Waals surface area contributed by atoms with Crippen LogP contribution < -0.4 is 0 Å². The Kier molecular flexibility index (Phi) is 5.51. The number of carbonyl (C=O) groups excluding carboxylic acids is 1. The van der Waals surface area contributed by atoms with Gasteiger partial charge in [0.2, 0.25) is 6.10 Å². The van der Waals surface area contributed by atoms with Crippen molar-refractivity contribution in [1.82, 2.24) is 4.98 Å². The summed E-state index contributed by atoms with van der Waals surface area (Å²) in [5.74, 6) is -1.44. The Balaban J connectivity index is 2.31. The molecular formula is C15H9F6NO2S. The average Bonchev–Trinajstić information content (AvgIpc) is 3.02. The van der Waals surface area contributed by atoms with Crippen molar-refractivity contribution in [1.29, 1.82) is 0 Å². The summed E-state index contributed by atoms with van der Waals surface area (Å²) in [7, 11) is 0. The van der Waals surface area contributed by atoms with Gasteiger partial charge in [0.05, 0.1) is 16.8 Å². The van der Waals surface area contributed by atoms with E-state index in [0.717, 1.165) is 18.2 Å². The normalized spacial score (nSPS) is 13.8. The number of nitrogens with zero attached hydrogens (tertiary/aromatic N) is 1. The molecule has 0 radical (unpaired) electrons. The largest absolute Gasteiger partial charge is 0.445 e. The lowest BCUT2D eigenvalue weighted by Crippen LogP contribution is -2.28. The van der Waals surface area contributed by atoms with Gasteiger partial charge in [0.1, 0.15) is 0 Å². The van der Waals surface area contributed by atoms with E-state index in [4.69, 9.17) is 0 Å². The fourth-order valence-corrected chi connectivity index (χ4v) is 2.43. The number of rotatable bonds is 4. The summed E-state index contributed by atoms with van der Waals surface area (Å²) in [4.78, 5) is 15.4. The van der Waals surface area contributed by atoms with Gasteiger partial charge in [0.15, 0.2) is 0 Å². The van der Waals surface area contributed by atoms with Gasteiger partial charge in [-0.25, -0.2) is 9.78 Å². The first-order chi connectivity index (χ1) is 11.6. The number of carbonyl (C=O) groups is 1. The van der Waals surface area contributed by atoms with Crippen LogP contribution in [0.15, 0.2) is 41.2 Å². The number of halogens is 6. The number of esters is 1. The zero-order valence-electron chi connectivity index (χ0n) is 12.1. The summed E-state index contributed by atoms with van der Waals surface area (Å²) in [6.07, 6.45) is -11.5. The zero-order chi connectivity index (χ0) is 18.7. The highest BCUT2D eigenvalue weighted by molar-refractivity contribution is 7.07. The molecule has 0 aliphatic heterocycles. The lowest BCUT2D eigenvalue weighted by atomic mass is 10.0. The van der Waals surface area contributed by atoms with Gasteiger partial charge in [0.25, 0.3) is 0 Å². The minimum Gasteiger partial charge on any atom is -0.445 e. The Morgan fingerprint density at radius 2 is 1.84 bits per heavy atom. The van der Waals surface area contributed by atoms with Crippen molar-refractivity contribution in [2.45, 2.75) is 18.5 Å². The van der Waals surface area contributed by atoms with Crippen LogP contribution >= 0.6 is 11.3 Å². The molecule has 1 atom stereocenters. The van der Waals surface area contributed by atoms with Gasteiger partial charge in [-0.15, -0.1) is 11.3 Å². The number of hydrogen-bond acceptors (Lipinski definition) is 4. The molecule has 0 amide bonds. The van der Waals surface area contributed by atoms with Crippen molar-refractivity contribution in [2.75, 3.05) is 0 Å². The molecule has 0 saturated carbocycles. The van der Waals surface area contributed by atoms with E-state index in [1.807, 2.05) is 0 Å². The maximum atomic E-state index is 13.2. The molecule has 1 heterocycles. The minimum absolute atomic E-state index is 0.307. The first-order valence-corrected chi connectivity index (χ1v) is 7.53. The van der Waals surface area contributed by atoms with Crippen molar-refractivity contribution in [3.8, 4) is 0 Å². The predicted octanol–water partition coefficient (Wildman–Crippen LogP) is 5.02. The molecule has 1 aromatic heterocycles. The molecule has 3 nitrogen and oxygen atoms in total. The van der Waals surface area contributed by atoms with E-state index in [-0.39, 0.29) is 0 Å². The van der Waals surface area contributed by atoms with Crippen molar-refractivity contribution in [3.05, 3.63) is 58.1 Å². The van der Waals surface area contributed by atoms with Crippen molar-refractivity contribution in [2.24, 2.45) is 0 Å². The van der Waals surface area contributed by atoms with Crippen LogP contribution in [0.4, 0.5) is 26.3 Å². The van der Waals surface area contributed by atoms with Gasteiger partial charge in [-0.2, -0.15) is 26.3 Å². The second-order valence-electron chi connectivity index (χ2n) is 4.69. The van der Waals surface area contributed by atoms with Crippen LogP contribution in [-0.4, -0.2) is 17.1 Å². The summed E-state index contributed by atoms with van der Waals surface area (Å²) >= 11 is 1.19. The molecule has 1 aromatic carbocycles. The molecule has 0 spiro atoms. The third kappa shape index (κ3) is 5.05. The van der Waals surface area contributed by atoms with Gasteiger partial charge in [0, 0.05) is 17.0 Å². The van der Waals surface area contributed by atoms with E-state index in [2.05, 4.69) is 9.72 Å². The number of benzene rings is 1. The fourth-order valence-electron chi connectivity index (χ4n) is 1.90. The Hall–Kier alpha value is -2.36. The highest BCUT2D eigenvalue weighted by Gasteiger charge is 2.48. The van der Waals surface area contributed by atoms with E-state index in [1.54, 1.807) is 0 Å². The van der Waals surface area contributed by atoms with Crippen molar-refractivity contribution < 1.29 is 35.9 Å². The van der Waals surface area contributed by atoms with Gasteiger partial charge in [-0.3, -0.25) is 0 Å². The zero-order valence-corrected chi connectivity index (χ0v) is 13.0. The second kappa shape index (κ2) is 7.26. The monoisotopic (exact) mass is 381 g/mol. The summed E-state index contributed by atoms with van der Waals surface area (Å²) in [6, 6.07) is 3.07. The minimum atomic E-state index is -5.22. The van der Waals surface area contributed by atoms with Gasteiger partial charge >= 0.3 is 18.3 Å². The average molecular weight is 381 g/mol. The molecule has 2 rings (SSSR count). The molecule has 0 aliphatic carbocycles. The fraction of sp³-hybridized carbons (Fsp3) is 0.200. The van der Waals surface area contributed by atoms with Gasteiger partial charge in [-0.05, 0) is 12.1 Å². The van der Waals surface area contributed by atoms with Crippen LogP contribution in [0.2, 0.25) is 0 Å². The van der Waals surface area contributed by atoms with Crippen molar-refractivity contribution in [3.63, 3.8) is 0 Å². The van der Waals surface area contributed by atoms with Crippen molar-refractivity contribution >= 4 is 23.4 Å². The highest BCUT2D eigenvalue weighted by atomic mass is 32.1. The van der Waals surface area contributed by atoms with Crippen LogP contribution in [0.5, 0.6) is 0 Å². The van der Waals surface area contributed by atoms with Crippen LogP contribution in [0.25, 0.3) is 6.08 Å². The second-order valence-corrected chi connectivity index (χ2v) is 5.41. The van der Waals surface area contributed by atoms with Crippen LogP contribution in [0.3, 0.4) is 0 Å². The molecule has 1 unspecified atom stereocenters. The van der Waals surface area contributed by atoms with Crippen LogP contribution in [0.1, 0.15) is 22.9 Å². The third-order valence-electron chi connectivity index (χ3n) is 2.92.